The molecule has 0 spiro atoms. The van der Waals surface area contributed by atoms with Gasteiger partial charge in [0, 0.05) is 5.75 Å². The van der Waals surface area contributed by atoms with Crippen LogP contribution in [0.1, 0.15) is 10.4 Å². The van der Waals surface area contributed by atoms with Gasteiger partial charge in [0.25, 0.3) is 0 Å². The van der Waals surface area contributed by atoms with Crippen molar-refractivity contribution in [3.05, 3.63) is 15.5 Å². The van der Waals surface area contributed by atoms with Gasteiger partial charge in [0.2, 0.25) is 0 Å². The monoisotopic (exact) mass is 250 g/mol. The number of rotatable bonds is 2. The fourth-order valence-electron chi connectivity index (χ4n) is 1.14. The Hall–Kier alpha value is -0.300. The smallest absolute Gasteiger partial charge is 0.321 e. The van der Waals surface area contributed by atoms with Gasteiger partial charge in [0.05, 0.1) is 6.20 Å². The van der Waals surface area contributed by atoms with E-state index in [2.05, 4.69) is 10.3 Å². The van der Waals surface area contributed by atoms with Crippen LogP contribution in [0.3, 0.4) is 0 Å². The highest BCUT2D eigenvalue weighted by Crippen LogP contribution is 2.35. The molecule has 1 fully saturated rings. The first-order valence-electron chi connectivity index (χ1n) is 3.88. The molecule has 2 N–H and O–H groups in total. The SMILES string of the molecule is O=C(O)[C@H]1CSC(c2ncc(Cl)s2)N1. The first kappa shape index (κ1) is 10.2. The van der Waals surface area contributed by atoms with E-state index >= 15 is 0 Å². The van der Waals surface area contributed by atoms with E-state index in [1.807, 2.05) is 0 Å². The zero-order chi connectivity index (χ0) is 10.1. The lowest BCUT2D eigenvalue weighted by Gasteiger charge is -2.06. The molecule has 2 heterocycles. The second-order valence-corrected chi connectivity index (χ2v) is 5.61. The van der Waals surface area contributed by atoms with Gasteiger partial charge in [-0.3, -0.25) is 10.1 Å². The van der Waals surface area contributed by atoms with E-state index in [0.717, 1.165) is 5.01 Å². The van der Waals surface area contributed by atoms with Gasteiger partial charge in [0.15, 0.2) is 0 Å². The van der Waals surface area contributed by atoms with Crippen molar-refractivity contribution in [2.75, 3.05) is 5.75 Å². The lowest BCUT2D eigenvalue weighted by atomic mass is 10.3. The number of aliphatic carboxylic acids is 1. The second kappa shape index (κ2) is 4.06. The third-order valence-corrected chi connectivity index (χ3v) is 4.35. The van der Waals surface area contributed by atoms with Crippen LogP contribution in [0.4, 0.5) is 0 Å². The number of nitrogens with zero attached hydrogens (tertiary/aromatic N) is 1. The summed E-state index contributed by atoms with van der Waals surface area (Å²) in [5.74, 6) is -0.250. The molecule has 7 heteroatoms. The molecule has 0 aliphatic carbocycles. The molecule has 1 aliphatic heterocycles. The number of thioether (sulfide) groups is 1. The predicted molar refractivity (Wildman–Crippen MR) is 56.9 cm³/mol. The van der Waals surface area contributed by atoms with Crippen LogP contribution in [0.15, 0.2) is 6.20 Å². The van der Waals surface area contributed by atoms with Crippen LogP contribution in [0.5, 0.6) is 0 Å². The van der Waals surface area contributed by atoms with Crippen molar-refractivity contribution in [3.63, 3.8) is 0 Å². The molecular weight excluding hydrogens is 244 g/mol. The third kappa shape index (κ3) is 2.03. The minimum atomic E-state index is -0.817. The van der Waals surface area contributed by atoms with Gasteiger partial charge in [-0.05, 0) is 0 Å². The number of halogens is 1. The fourth-order valence-corrected chi connectivity index (χ4v) is 3.45. The lowest BCUT2D eigenvalue weighted by Crippen LogP contribution is -2.33. The summed E-state index contributed by atoms with van der Waals surface area (Å²) < 4.78 is 0.626. The van der Waals surface area contributed by atoms with E-state index in [1.54, 1.807) is 18.0 Å². The van der Waals surface area contributed by atoms with Gasteiger partial charge >= 0.3 is 5.97 Å². The lowest BCUT2D eigenvalue weighted by molar-refractivity contribution is -0.138. The van der Waals surface area contributed by atoms with Crippen LogP contribution in [-0.2, 0) is 4.79 Å². The van der Waals surface area contributed by atoms with E-state index < -0.39 is 12.0 Å². The van der Waals surface area contributed by atoms with Crippen molar-refractivity contribution in [2.24, 2.45) is 0 Å². The Morgan fingerprint density at radius 3 is 3.07 bits per heavy atom. The topological polar surface area (TPSA) is 62.2 Å². The van der Waals surface area contributed by atoms with Gasteiger partial charge in [-0.1, -0.05) is 11.6 Å². The maximum Gasteiger partial charge on any atom is 0.321 e. The average Bonchev–Trinajstić information content (AvgIpc) is 2.70. The summed E-state index contributed by atoms with van der Waals surface area (Å²) in [6.07, 6.45) is 1.58. The number of thiazole rings is 1. The van der Waals surface area contributed by atoms with Gasteiger partial charge in [-0.15, -0.1) is 23.1 Å². The van der Waals surface area contributed by atoms with Crippen molar-refractivity contribution in [2.45, 2.75) is 11.4 Å². The van der Waals surface area contributed by atoms with Crippen LogP contribution in [0, 0.1) is 0 Å². The molecule has 4 nitrogen and oxygen atoms in total. The van der Waals surface area contributed by atoms with Crippen LogP contribution >= 0.6 is 34.7 Å². The molecule has 2 rings (SSSR count). The predicted octanol–water partition coefficient (Wildman–Crippen LogP) is 1.58. The zero-order valence-electron chi connectivity index (χ0n) is 6.94. The van der Waals surface area contributed by atoms with Crippen molar-refractivity contribution in [1.82, 2.24) is 10.3 Å². The van der Waals surface area contributed by atoms with Crippen molar-refractivity contribution in [3.8, 4) is 0 Å². The van der Waals surface area contributed by atoms with Gasteiger partial charge in [-0.2, -0.15) is 0 Å². The summed E-state index contributed by atoms with van der Waals surface area (Å²) in [6, 6.07) is -0.479. The molecule has 1 aromatic heterocycles. The minimum Gasteiger partial charge on any atom is -0.480 e. The van der Waals surface area contributed by atoms with Crippen LogP contribution in [0.2, 0.25) is 4.34 Å². The Morgan fingerprint density at radius 1 is 1.79 bits per heavy atom. The van der Waals surface area contributed by atoms with Crippen LogP contribution < -0.4 is 5.32 Å². The highest BCUT2D eigenvalue weighted by molar-refractivity contribution is 7.99. The molecule has 0 radical (unpaired) electrons. The molecule has 0 aromatic carbocycles. The van der Waals surface area contributed by atoms with Crippen molar-refractivity contribution >= 4 is 40.7 Å². The molecule has 14 heavy (non-hydrogen) atoms. The van der Waals surface area contributed by atoms with E-state index in [0.29, 0.717) is 10.1 Å². The normalized spacial score (nSPS) is 26.6. The maximum atomic E-state index is 10.7. The Bertz CT molecular complexity index is 357. The third-order valence-electron chi connectivity index (χ3n) is 1.80. The van der Waals surface area contributed by atoms with Crippen molar-refractivity contribution < 1.29 is 9.90 Å². The standard InChI is InChI=1S/C7H7ClN2O2S2/c8-4-1-9-5(14-4)6-10-3(2-13-6)7(11)12/h1,3,6,10H,2H2,(H,11,12)/t3-,6?/m1/s1. The highest BCUT2D eigenvalue weighted by Gasteiger charge is 2.31. The molecule has 2 atom stereocenters. The Morgan fingerprint density at radius 2 is 2.57 bits per heavy atom. The number of carboxylic acids is 1. The first-order chi connectivity index (χ1) is 6.66. The molecule has 0 saturated carbocycles. The fraction of sp³-hybridized carbons (Fsp3) is 0.429. The number of carbonyl (C=O) groups is 1. The molecule has 1 aromatic rings. The summed E-state index contributed by atoms with van der Waals surface area (Å²) in [5, 5.41) is 12.5. The molecule has 1 unspecified atom stereocenters. The van der Waals surface area contributed by atoms with E-state index in [4.69, 9.17) is 16.7 Å². The van der Waals surface area contributed by atoms with Crippen molar-refractivity contribution in [1.29, 1.82) is 0 Å². The van der Waals surface area contributed by atoms with E-state index in [1.165, 1.54) is 11.3 Å². The number of aromatic nitrogens is 1. The van der Waals surface area contributed by atoms with Gasteiger partial charge in [-0.25, -0.2) is 4.98 Å². The number of hydrogen-bond acceptors (Lipinski definition) is 5. The van der Waals surface area contributed by atoms with Crippen LogP contribution in [-0.4, -0.2) is 27.9 Å². The van der Waals surface area contributed by atoms with Crippen LogP contribution in [0.25, 0.3) is 0 Å². The summed E-state index contributed by atoms with van der Waals surface area (Å²) >= 11 is 8.66. The Labute approximate surface area is 93.7 Å². The maximum absolute atomic E-state index is 10.7. The Kier molecular flexibility index (Phi) is 2.96. The highest BCUT2D eigenvalue weighted by atomic mass is 35.5. The first-order valence-corrected chi connectivity index (χ1v) is 6.13. The quantitative estimate of drug-likeness (QED) is 0.835. The summed E-state index contributed by atoms with van der Waals surface area (Å²) in [4.78, 5) is 14.8. The van der Waals surface area contributed by atoms with Gasteiger partial charge < -0.3 is 5.11 Å². The molecule has 0 bridgehead atoms. The summed E-state index contributed by atoms with van der Waals surface area (Å²) in [6.45, 7) is 0. The summed E-state index contributed by atoms with van der Waals surface area (Å²) in [5.41, 5.74) is 0. The minimum absolute atomic E-state index is 0.0337. The molecule has 1 aliphatic rings. The van der Waals surface area contributed by atoms with Gasteiger partial charge in [0.1, 0.15) is 20.8 Å². The molecule has 1 saturated heterocycles. The molecular formula is C7H7ClN2O2S2. The second-order valence-electron chi connectivity index (χ2n) is 2.77. The number of nitrogens with one attached hydrogen (secondary N) is 1. The molecule has 0 amide bonds. The largest absolute Gasteiger partial charge is 0.480 e. The number of carboxylic acid groups (broad SMARTS) is 1. The zero-order valence-corrected chi connectivity index (χ0v) is 9.33. The van der Waals surface area contributed by atoms with E-state index in [9.17, 15) is 4.79 Å². The average molecular weight is 251 g/mol. The summed E-state index contributed by atoms with van der Waals surface area (Å²) in [7, 11) is 0. The molecule has 76 valence electrons. The number of hydrogen-bond donors (Lipinski definition) is 2. The Balaban J connectivity index is 2.05. The van der Waals surface area contributed by atoms with E-state index in [-0.39, 0.29) is 5.37 Å².